The fourth-order valence-corrected chi connectivity index (χ4v) is 1.97. The van der Waals surface area contributed by atoms with E-state index in [0.717, 1.165) is 5.56 Å². The van der Waals surface area contributed by atoms with Crippen LogP contribution < -0.4 is 26.4 Å². The highest BCUT2D eigenvalue weighted by molar-refractivity contribution is 6.31. The van der Waals surface area contributed by atoms with Crippen LogP contribution in [0.4, 0.5) is 4.79 Å². The SMILES string of the molecule is Cc1cc(OCC(=O)NNC(=O)NNC(=O)c2ccoc2C)ccc1Cl. The fraction of sp³-hybridized carbons (Fsp3) is 0.188. The number of hydrazine groups is 2. The first kappa shape index (κ1) is 19.1. The number of hydrogen-bond acceptors (Lipinski definition) is 5. The number of aryl methyl sites for hydroxylation is 2. The molecule has 1 aromatic heterocycles. The largest absolute Gasteiger partial charge is 0.484 e. The van der Waals surface area contributed by atoms with Gasteiger partial charge < -0.3 is 9.15 Å². The quantitative estimate of drug-likeness (QED) is 0.600. The maximum absolute atomic E-state index is 11.7. The number of hydrogen-bond donors (Lipinski definition) is 4. The number of urea groups is 1. The van der Waals surface area contributed by atoms with Crippen LogP contribution in [0.3, 0.4) is 0 Å². The van der Waals surface area contributed by atoms with Gasteiger partial charge in [-0.25, -0.2) is 15.6 Å². The summed E-state index contributed by atoms with van der Waals surface area (Å²) in [6.45, 7) is 3.10. The molecule has 4 N–H and O–H groups in total. The van der Waals surface area contributed by atoms with Gasteiger partial charge >= 0.3 is 6.03 Å². The molecule has 0 unspecified atom stereocenters. The van der Waals surface area contributed by atoms with Gasteiger partial charge in [-0.1, -0.05) is 11.6 Å². The monoisotopic (exact) mass is 380 g/mol. The normalized spacial score (nSPS) is 9.96. The lowest BCUT2D eigenvalue weighted by Crippen LogP contribution is -2.53. The average molecular weight is 381 g/mol. The first-order valence-corrected chi connectivity index (χ1v) is 7.83. The van der Waals surface area contributed by atoms with Crippen molar-refractivity contribution >= 4 is 29.4 Å². The molecule has 0 aliphatic rings. The molecule has 0 atom stereocenters. The summed E-state index contributed by atoms with van der Waals surface area (Å²) >= 11 is 5.90. The second-order valence-electron chi connectivity index (χ2n) is 5.17. The van der Waals surface area contributed by atoms with E-state index < -0.39 is 17.8 Å². The first-order valence-electron chi connectivity index (χ1n) is 7.45. The summed E-state index contributed by atoms with van der Waals surface area (Å²) in [5.41, 5.74) is 9.52. The lowest BCUT2D eigenvalue weighted by Gasteiger charge is -2.11. The highest BCUT2D eigenvalue weighted by Crippen LogP contribution is 2.20. The van der Waals surface area contributed by atoms with Gasteiger partial charge in [0.1, 0.15) is 11.5 Å². The van der Waals surface area contributed by atoms with Gasteiger partial charge in [0.25, 0.3) is 11.8 Å². The van der Waals surface area contributed by atoms with E-state index in [1.165, 1.54) is 12.3 Å². The van der Waals surface area contributed by atoms with Crippen LogP contribution in [-0.4, -0.2) is 24.5 Å². The Bertz CT molecular complexity index is 821. The Morgan fingerprint density at radius 3 is 2.46 bits per heavy atom. The van der Waals surface area contributed by atoms with Gasteiger partial charge in [-0.2, -0.15) is 0 Å². The molecular weight excluding hydrogens is 364 g/mol. The predicted molar refractivity (Wildman–Crippen MR) is 92.4 cm³/mol. The van der Waals surface area contributed by atoms with Crippen molar-refractivity contribution in [2.24, 2.45) is 0 Å². The van der Waals surface area contributed by atoms with E-state index in [2.05, 4.69) is 21.7 Å². The van der Waals surface area contributed by atoms with E-state index in [4.69, 9.17) is 20.8 Å². The van der Waals surface area contributed by atoms with Crippen molar-refractivity contribution in [3.05, 3.63) is 52.4 Å². The van der Waals surface area contributed by atoms with Crippen molar-refractivity contribution < 1.29 is 23.5 Å². The lowest BCUT2D eigenvalue weighted by molar-refractivity contribution is -0.123. The first-order chi connectivity index (χ1) is 12.4. The summed E-state index contributed by atoms with van der Waals surface area (Å²) in [7, 11) is 0. The van der Waals surface area contributed by atoms with Crippen LogP contribution in [0.15, 0.2) is 34.9 Å². The highest BCUT2D eigenvalue weighted by Gasteiger charge is 2.12. The van der Waals surface area contributed by atoms with Gasteiger partial charge in [0.15, 0.2) is 6.61 Å². The summed E-state index contributed by atoms with van der Waals surface area (Å²) in [4.78, 5) is 34.9. The third kappa shape index (κ3) is 5.42. The number of halogens is 1. The predicted octanol–water partition coefficient (Wildman–Crippen LogP) is 1.60. The summed E-state index contributed by atoms with van der Waals surface area (Å²) < 4.78 is 10.3. The van der Waals surface area contributed by atoms with Crippen LogP contribution in [0.1, 0.15) is 21.7 Å². The minimum Gasteiger partial charge on any atom is -0.484 e. The van der Waals surface area contributed by atoms with Crippen molar-refractivity contribution in [3.63, 3.8) is 0 Å². The zero-order valence-corrected chi connectivity index (χ0v) is 14.8. The number of benzene rings is 1. The molecular formula is C16H17ClN4O5. The van der Waals surface area contributed by atoms with Crippen LogP contribution in [0.2, 0.25) is 5.02 Å². The third-order valence-corrected chi connectivity index (χ3v) is 3.63. The third-order valence-electron chi connectivity index (χ3n) is 3.21. The molecule has 1 heterocycles. The molecule has 1 aromatic carbocycles. The number of nitrogens with one attached hydrogen (secondary N) is 4. The van der Waals surface area contributed by atoms with E-state index in [-0.39, 0.29) is 12.2 Å². The zero-order valence-electron chi connectivity index (χ0n) is 14.0. The molecule has 4 amide bonds. The molecule has 26 heavy (non-hydrogen) atoms. The topological polar surface area (TPSA) is 122 Å². The molecule has 0 saturated heterocycles. The molecule has 0 spiro atoms. The Kier molecular flexibility index (Phi) is 6.45. The van der Waals surface area contributed by atoms with Crippen molar-refractivity contribution in [3.8, 4) is 5.75 Å². The highest BCUT2D eigenvalue weighted by atomic mass is 35.5. The van der Waals surface area contributed by atoms with Crippen LogP contribution in [0.25, 0.3) is 0 Å². The van der Waals surface area contributed by atoms with Gasteiger partial charge in [0.05, 0.1) is 11.8 Å². The number of amides is 4. The van der Waals surface area contributed by atoms with Crippen LogP contribution >= 0.6 is 11.6 Å². The number of ether oxygens (including phenoxy) is 1. The van der Waals surface area contributed by atoms with Gasteiger partial charge in [-0.15, -0.1) is 0 Å². The molecule has 0 aliphatic heterocycles. The summed E-state index contributed by atoms with van der Waals surface area (Å²) in [5, 5.41) is 0.591. The van der Waals surface area contributed by atoms with Gasteiger partial charge in [0.2, 0.25) is 0 Å². The number of rotatable bonds is 4. The average Bonchev–Trinajstić information content (AvgIpc) is 3.05. The Labute approximate surface area is 154 Å². The Morgan fingerprint density at radius 2 is 1.81 bits per heavy atom. The minimum absolute atomic E-state index is 0.279. The standard InChI is InChI=1S/C16H17ClN4O5/c1-9-7-11(3-4-13(9)17)26-8-14(22)18-20-16(24)21-19-15(23)12-5-6-25-10(12)2/h3-7H,8H2,1-2H3,(H,18,22)(H,19,23)(H2,20,21,24). The van der Waals surface area contributed by atoms with Crippen LogP contribution in [-0.2, 0) is 4.79 Å². The molecule has 0 bridgehead atoms. The summed E-state index contributed by atoms with van der Waals surface area (Å²) in [5.74, 6) is -0.272. The van der Waals surface area contributed by atoms with Crippen molar-refractivity contribution in [2.75, 3.05) is 6.61 Å². The molecule has 0 fully saturated rings. The molecule has 2 aromatic rings. The molecule has 9 nitrogen and oxygen atoms in total. The van der Waals surface area contributed by atoms with Gasteiger partial charge in [-0.05, 0) is 43.7 Å². The fourth-order valence-electron chi connectivity index (χ4n) is 1.85. The minimum atomic E-state index is -0.838. The molecule has 0 aliphatic carbocycles. The van der Waals surface area contributed by atoms with E-state index in [0.29, 0.717) is 16.5 Å². The van der Waals surface area contributed by atoms with E-state index in [1.807, 2.05) is 0 Å². The van der Waals surface area contributed by atoms with Gasteiger partial charge in [-0.3, -0.25) is 20.4 Å². The molecule has 10 heteroatoms. The maximum Gasteiger partial charge on any atom is 0.352 e. The van der Waals surface area contributed by atoms with Crippen molar-refractivity contribution in [1.82, 2.24) is 21.7 Å². The maximum atomic E-state index is 11.7. The second kappa shape index (κ2) is 8.77. The smallest absolute Gasteiger partial charge is 0.352 e. The molecule has 138 valence electrons. The van der Waals surface area contributed by atoms with Crippen molar-refractivity contribution in [2.45, 2.75) is 13.8 Å². The number of carbonyl (C=O) groups excluding carboxylic acids is 3. The van der Waals surface area contributed by atoms with Crippen molar-refractivity contribution in [1.29, 1.82) is 0 Å². The lowest BCUT2D eigenvalue weighted by atomic mass is 10.2. The summed E-state index contributed by atoms with van der Waals surface area (Å²) in [6.07, 6.45) is 1.35. The molecule has 0 saturated carbocycles. The Hall–Kier alpha value is -3.20. The number of furan rings is 1. The van der Waals surface area contributed by atoms with Gasteiger partial charge in [0, 0.05) is 5.02 Å². The Morgan fingerprint density at radius 1 is 1.08 bits per heavy atom. The zero-order chi connectivity index (χ0) is 19.1. The number of carbonyl (C=O) groups is 3. The molecule has 2 rings (SSSR count). The van der Waals surface area contributed by atoms with Crippen LogP contribution in [0.5, 0.6) is 5.75 Å². The van der Waals surface area contributed by atoms with Crippen LogP contribution in [0, 0.1) is 13.8 Å². The van der Waals surface area contributed by atoms with E-state index in [9.17, 15) is 14.4 Å². The van der Waals surface area contributed by atoms with E-state index >= 15 is 0 Å². The summed E-state index contributed by atoms with van der Waals surface area (Å²) in [6, 6.07) is 5.58. The van der Waals surface area contributed by atoms with E-state index in [1.54, 1.807) is 32.0 Å². The Balaban J connectivity index is 1.68. The molecule has 0 radical (unpaired) electrons. The second-order valence-corrected chi connectivity index (χ2v) is 5.58.